The number of sulfone groups is 1. The maximum atomic E-state index is 13.4. The smallest absolute Gasteiger partial charge is 0.288 e. The van der Waals surface area contributed by atoms with E-state index in [1.165, 1.54) is 22.9 Å². The monoisotopic (exact) mass is 428 g/mol. The van der Waals surface area contributed by atoms with E-state index in [1.54, 1.807) is 36.4 Å². The zero-order chi connectivity index (χ0) is 20.8. The van der Waals surface area contributed by atoms with Crippen LogP contribution < -0.4 is 11.3 Å². The molecule has 3 N–H and O–H groups in total. The van der Waals surface area contributed by atoms with Crippen molar-refractivity contribution in [3.63, 3.8) is 0 Å². The highest BCUT2D eigenvalue weighted by atomic mass is 35.5. The summed E-state index contributed by atoms with van der Waals surface area (Å²) in [7, 11) is -3.97. The fourth-order valence-corrected chi connectivity index (χ4v) is 4.94. The van der Waals surface area contributed by atoms with Crippen molar-refractivity contribution in [3.05, 3.63) is 81.2 Å². The highest BCUT2D eigenvalue weighted by molar-refractivity contribution is 7.92. The number of rotatable bonds is 4. The van der Waals surface area contributed by atoms with Crippen molar-refractivity contribution in [3.8, 4) is 0 Å². The number of nitrogen functional groups attached to an aromatic ring is 1. The summed E-state index contributed by atoms with van der Waals surface area (Å²) < 4.78 is 28.2. The molecule has 148 valence electrons. The fraction of sp³-hybridized carbons (Fsp3) is 0.100. The third-order valence-corrected chi connectivity index (χ3v) is 6.83. The summed E-state index contributed by atoms with van der Waals surface area (Å²) in [5, 5.41) is 6.88. The molecule has 7 nitrogen and oxygen atoms in total. The number of halogens is 1. The normalized spacial score (nSPS) is 11.8. The van der Waals surface area contributed by atoms with E-state index in [0.29, 0.717) is 5.02 Å². The molecule has 0 atom stereocenters. The molecule has 4 aromatic rings. The zero-order valence-electron chi connectivity index (χ0n) is 15.4. The second-order valence-corrected chi connectivity index (χ2v) is 9.03. The van der Waals surface area contributed by atoms with Crippen LogP contribution in [0.15, 0.2) is 69.3 Å². The molecule has 0 amide bonds. The summed E-state index contributed by atoms with van der Waals surface area (Å²) in [4.78, 5) is 12.5. The second-order valence-electron chi connectivity index (χ2n) is 6.70. The van der Waals surface area contributed by atoms with Crippen molar-refractivity contribution in [1.82, 2.24) is 14.8 Å². The average Bonchev–Trinajstić information content (AvgIpc) is 2.97. The lowest BCUT2D eigenvalue weighted by atomic mass is 10.2. The van der Waals surface area contributed by atoms with Gasteiger partial charge < -0.3 is 10.3 Å². The number of aryl methyl sites for hydroxylation is 1. The molecule has 29 heavy (non-hydrogen) atoms. The van der Waals surface area contributed by atoms with E-state index in [9.17, 15) is 13.2 Å². The molecule has 2 aromatic heterocycles. The third kappa shape index (κ3) is 3.30. The summed E-state index contributed by atoms with van der Waals surface area (Å²) >= 11 is 5.94. The van der Waals surface area contributed by atoms with Crippen molar-refractivity contribution in [1.29, 1.82) is 0 Å². The minimum Gasteiger partial charge on any atom is -0.384 e. The van der Waals surface area contributed by atoms with E-state index >= 15 is 0 Å². The van der Waals surface area contributed by atoms with Crippen LogP contribution in [-0.4, -0.2) is 23.2 Å². The van der Waals surface area contributed by atoms with E-state index in [4.69, 9.17) is 17.3 Å². The fourth-order valence-electron chi connectivity index (χ4n) is 3.26. The molecular weight excluding hydrogens is 412 g/mol. The van der Waals surface area contributed by atoms with E-state index < -0.39 is 15.4 Å². The molecule has 0 spiro atoms. The molecule has 9 heteroatoms. The summed E-state index contributed by atoms with van der Waals surface area (Å²) in [6, 6.07) is 13.5. The Bertz CT molecular complexity index is 1370. The van der Waals surface area contributed by atoms with Crippen LogP contribution in [0.5, 0.6) is 0 Å². The van der Waals surface area contributed by atoms with Crippen LogP contribution in [0.25, 0.3) is 10.9 Å². The number of nitrogens with zero attached hydrogens (tertiary/aromatic N) is 2. The Morgan fingerprint density at radius 1 is 1.10 bits per heavy atom. The number of benzene rings is 2. The van der Waals surface area contributed by atoms with Gasteiger partial charge in [-0.2, -0.15) is 5.10 Å². The molecule has 2 aromatic carbocycles. The summed E-state index contributed by atoms with van der Waals surface area (Å²) in [6.07, 6.45) is 1.31. The molecule has 0 bridgehead atoms. The Morgan fingerprint density at radius 3 is 2.41 bits per heavy atom. The Balaban J connectivity index is 1.97. The quantitative estimate of drug-likeness (QED) is 0.518. The van der Waals surface area contributed by atoms with Crippen molar-refractivity contribution < 1.29 is 8.42 Å². The first kappa shape index (κ1) is 19.2. The lowest BCUT2D eigenvalue weighted by molar-refractivity contribution is 0.597. The van der Waals surface area contributed by atoms with Gasteiger partial charge >= 0.3 is 0 Å². The highest BCUT2D eigenvalue weighted by Gasteiger charge is 2.29. The second kappa shape index (κ2) is 7.06. The Labute approximate surface area is 171 Å². The SMILES string of the molecule is Cc1ccc(S(=O)(=O)c2c(N)n(Cc3ccc(Cl)cc3)c3c(=O)[nH]ncc23)cc1. The van der Waals surface area contributed by atoms with Gasteiger partial charge in [0.1, 0.15) is 16.2 Å². The first-order valence-electron chi connectivity index (χ1n) is 8.70. The molecule has 0 radical (unpaired) electrons. The number of nitrogens with two attached hydrogens (primary N) is 1. The molecule has 2 heterocycles. The van der Waals surface area contributed by atoms with Gasteiger partial charge in [0.15, 0.2) is 0 Å². The molecule has 4 rings (SSSR count). The van der Waals surface area contributed by atoms with Gasteiger partial charge in [0.05, 0.1) is 11.1 Å². The Hall–Kier alpha value is -3.10. The van der Waals surface area contributed by atoms with Crippen LogP contribution in [0.4, 0.5) is 5.82 Å². The largest absolute Gasteiger partial charge is 0.384 e. The van der Waals surface area contributed by atoms with E-state index in [2.05, 4.69) is 10.2 Å². The maximum Gasteiger partial charge on any atom is 0.288 e. The molecule has 0 saturated heterocycles. The van der Waals surface area contributed by atoms with E-state index in [1.807, 2.05) is 6.92 Å². The molecule has 0 saturated carbocycles. The van der Waals surface area contributed by atoms with Crippen LogP contribution in [0, 0.1) is 6.92 Å². The maximum absolute atomic E-state index is 13.4. The average molecular weight is 429 g/mol. The van der Waals surface area contributed by atoms with Gasteiger partial charge in [0.2, 0.25) is 9.84 Å². The summed E-state index contributed by atoms with van der Waals surface area (Å²) in [5.41, 5.74) is 7.67. The minimum atomic E-state index is -3.97. The van der Waals surface area contributed by atoms with Crippen molar-refractivity contribution >= 4 is 38.2 Å². The molecular formula is C20H17ClN4O3S. The number of aromatic amines is 1. The molecule has 0 aliphatic rings. The molecule has 0 fully saturated rings. The van der Waals surface area contributed by atoms with Crippen molar-refractivity contribution in [2.24, 2.45) is 0 Å². The van der Waals surface area contributed by atoms with Gasteiger partial charge in [0, 0.05) is 17.0 Å². The van der Waals surface area contributed by atoms with Gasteiger partial charge in [-0.1, -0.05) is 41.4 Å². The van der Waals surface area contributed by atoms with Gasteiger partial charge in [-0.3, -0.25) is 4.79 Å². The van der Waals surface area contributed by atoms with Gasteiger partial charge in [-0.25, -0.2) is 13.5 Å². The van der Waals surface area contributed by atoms with Crippen LogP contribution in [-0.2, 0) is 16.4 Å². The van der Waals surface area contributed by atoms with Crippen LogP contribution in [0.3, 0.4) is 0 Å². The predicted octanol–water partition coefficient (Wildman–Crippen LogP) is 3.15. The van der Waals surface area contributed by atoms with Crippen LogP contribution in [0.1, 0.15) is 11.1 Å². The Kier molecular flexibility index (Phi) is 4.68. The highest BCUT2D eigenvalue weighted by Crippen LogP contribution is 2.34. The summed E-state index contributed by atoms with van der Waals surface area (Å²) in [5.74, 6) is -0.0194. The third-order valence-electron chi connectivity index (χ3n) is 4.72. The number of anilines is 1. The number of fused-ring (bicyclic) bond motifs is 1. The number of hydrogen-bond acceptors (Lipinski definition) is 5. The standard InChI is InChI=1S/C20H17ClN4O3S/c1-12-2-8-15(9-3-12)29(27,28)18-16-10-23-24-20(26)17(16)25(19(18)22)11-13-4-6-14(21)7-5-13/h2-10H,11,22H2,1H3,(H,24,26). The summed E-state index contributed by atoms with van der Waals surface area (Å²) in [6.45, 7) is 2.07. The van der Waals surface area contributed by atoms with E-state index in [0.717, 1.165) is 11.1 Å². The number of aromatic nitrogens is 3. The van der Waals surface area contributed by atoms with Gasteiger partial charge in [-0.15, -0.1) is 0 Å². The number of H-pyrrole nitrogens is 1. The minimum absolute atomic E-state index is 0.0194. The lowest BCUT2D eigenvalue weighted by Crippen LogP contribution is -2.14. The van der Waals surface area contributed by atoms with E-state index in [-0.39, 0.29) is 33.1 Å². The van der Waals surface area contributed by atoms with Gasteiger partial charge in [-0.05, 0) is 36.8 Å². The molecule has 0 aliphatic heterocycles. The van der Waals surface area contributed by atoms with Gasteiger partial charge in [0.25, 0.3) is 5.56 Å². The number of hydrogen-bond donors (Lipinski definition) is 2. The topological polar surface area (TPSA) is 111 Å². The molecule has 0 unspecified atom stereocenters. The predicted molar refractivity (Wildman–Crippen MR) is 112 cm³/mol. The van der Waals surface area contributed by atoms with Crippen molar-refractivity contribution in [2.75, 3.05) is 5.73 Å². The number of nitrogens with one attached hydrogen (secondary N) is 1. The molecule has 0 aliphatic carbocycles. The first-order valence-corrected chi connectivity index (χ1v) is 10.6. The van der Waals surface area contributed by atoms with Crippen LogP contribution >= 0.6 is 11.6 Å². The lowest BCUT2D eigenvalue weighted by Gasteiger charge is -2.09. The zero-order valence-corrected chi connectivity index (χ0v) is 17.0. The van der Waals surface area contributed by atoms with Crippen LogP contribution in [0.2, 0.25) is 5.02 Å². The Morgan fingerprint density at radius 2 is 1.76 bits per heavy atom. The van der Waals surface area contributed by atoms with Crippen molar-refractivity contribution in [2.45, 2.75) is 23.3 Å². The first-order chi connectivity index (χ1) is 13.8.